The first kappa shape index (κ1) is 21.5. The highest BCUT2D eigenvalue weighted by Gasteiger charge is 2.34. The SMILES string of the molecule is COc1ccc([C@@H]2CCC[NH+]2CC(=O)N(C)Cc2ccc(SC)cc2)c(OC)c1. The number of methoxy groups -OCH3 is 2. The summed E-state index contributed by atoms with van der Waals surface area (Å²) in [6, 6.07) is 14.7. The maximum Gasteiger partial charge on any atom is 0.277 e. The van der Waals surface area contributed by atoms with Gasteiger partial charge in [0.15, 0.2) is 6.54 Å². The first-order valence-electron chi connectivity index (χ1n) is 9.99. The third-order valence-electron chi connectivity index (χ3n) is 5.68. The highest BCUT2D eigenvalue weighted by molar-refractivity contribution is 7.98. The van der Waals surface area contributed by atoms with Gasteiger partial charge in [-0.05, 0) is 36.1 Å². The molecular weight excluding hydrogens is 384 g/mol. The molecule has 1 heterocycles. The Morgan fingerprint density at radius 2 is 1.93 bits per heavy atom. The molecule has 156 valence electrons. The molecule has 29 heavy (non-hydrogen) atoms. The Labute approximate surface area is 178 Å². The fourth-order valence-corrected chi connectivity index (χ4v) is 4.44. The van der Waals surface area contributed by atoms with Crippen LogP contribution >= 0.6 is 11.8 Å². The van der Waals surface area contributed by atoms with Crippen molar-refractivity contribution in [1.82, 2.24) is 4.90 Å². The number of benzene rings is 2. The zero-order valence-corrected chi connectivity index (χ0v) is 18.6. The number of carbonyl (C=O) groups excluding carboxylic acids is 1. The van der Waals surface area contributed by atoms with E-state index >= 15 is 0 Å². The third kappa shape index (κ3) is 5.25. The maximum atomic E-state index is 12.9. The number of thioether (sulfide) groups is 1. The van der Waals surface area contributed by atoms with Gasteiger partial charge in [0.2, 0.25) is 0 Å². The van der Waals surface area contributed by atoms with E-state index in [0.717, 1.165) is 42.0 Å². The van der Waals surface area contributed by atoms with Crippen molar-refractivity contribution in [2.75, 3.05) is 40.6 Å². The first-order valence-corrected chi connectivity index (χ1v) is 11.2. The summed E-state index contributed by atoms with van der Waals surface area (Å²) in [5.74, 6) is 1.80. The predicted molar refractivity (Wildman–Crippen MR) is 117 cm³/mol. The van der Waals surface area contributed by atoms with Gasteiger partial charge in [0.05, 0.1) is 26.3 Å². The fourth-order valence-electron chi connectivity index (χ4n) is 4.03. The lowest BCUT2D eigenvalue weighted by Gasteiger charge is -2.25. The summed E-state index contributed by atoms with van der Waals surface area (Å²) in [6.45, 7) is 2.14. The Morgan fingerprint density at radius 1 is 1.17 bits per heavy atom. The Balaban J connectivity index is 1.66. The van der Waals surface area contributed by atoms with E-state index in [-0.39, 0.29) is 11.9 Å². The zero-order valence-electron chi connectivity index (χ0n) is 17.7. The second-order valence-electron chi connectivity index (χ2n) is 7.49. The van der Waals surface area contributed by atoms with E-state index < -0.39 is 0 Å². The number of quaternary nitrogens is 1. The van der Waals surface area contributed by atoms with E-state index in [1.165, 1.54) is 9.80 Å². The van der Waals surface area contributed by atoms with Gasteiger partial charge in [-0.1, -0.05) is 12.1 Å². The third-order valence-corrected chi connectivity index (χ3v) is 6.43. The van der Waals surface area contributed by atoms with Crippen molar-refractivity contribution in [2.24, 2.45) is 0 Å². The van der Waals surface area contributed by atoms with Crippen molar-refractivity contribution in [2.45, 2.75) is 30.3 Å². The summed E-state index contributed by atoms with van der Waals surface area (Å²) in [7, 11) is 5.24. The smallest absolute Gasteiger partial charge is 0.277 e. The molecule has 1 N–H and O–H groups in total. The largest absolute Gasteiger partial charge is 0.497 e. The molecule has 1 amide bonds. The standard InChI is InChI=1S/C23H30N2O3S/c1-24(15-17-7-10-19(29-4)11-8-17)23(26)16-25-13-5-6-21(25)20-12-9-18(27-2)14-22(20)28-3/h7-12,14,21H,5-6,13,15-16H2,1-4H3/p+1/t21-/m0/s1. The maximum absolute atomic E-state index is 12.9. The molecule has 0 spiro atoms. The minimum absolute atomic E-state index is 0.174. The molecule has 1 aliphatic rings. The number of ether oxygens (including phenoxy) is 2. The molecule has 5 nitrogen and oxygen atoms in total. The number of likely N-dealkylation sites (N-methyl/N-ethyl adjacent to an activating group) is 1. The molecule has 0 bridgehead atoms. The number of carbonyl (C=O) groups is 1. The van der Waals surface area contributed by atoms with Crippen molar-refractivity contribution in [3.8, 4) is 11.5 Å². The van der Waals surface area contributed by atoms with Crippen LogP contribution in [0.4, 0.5) is 0 Å². The van der Waals surface area contributed by atoms with Crippen LogP contribution < -0.4 is 14.4 Å². The Morgan fingerprint density at radius 3 is 2.59 bits per heavy atom. The summed E-state index contributed by atoms with van der Waals surface area (Å²) in [6.07, 6.45) is 4.24. The summed E-state index contributed by atoms with van der Waals surface area (Å²) in [5.41, 5.74) is 2.31. The Kier molecular flexibility index (Phi) is 7.45. The highest BCUT2D eigenvalue weighted by Crippen LogP contribution is 2.31. The number of hydrogen-bond donors (Lipinski definition) is 1. The molecule has 2 atom stereocenters. The van der Waals surface area contributed by atoms with Crippen LogP contribution in [0.3, 0.4) is 0 Å². The van der Waals surface area contributed by atoms with Gasteiger partial charge < -0.3 is 19.3 Å². The number of hydrogen-bond acceptors (Lipinski definition) is 4. The van der Waals surface area contributed by atoms with Gasteiger partial charge in [0.25, 0.3) is 5.91 Å². The summed E-state index contributed by atoms with van der Waals surface area (Å²) < 4.78 is 10.9. The summed E-state index contributed by atoms with van der Waals surface area (Å²) in [5, 5.41) is 0. The molecule has 2 aromatic carbocycles. The van der Waals surface area contributed by atoms with Gasteiger partial charge in [0, 0.05) is 37.4 Å². The molecule has 6 heteroatoms. The lowest BCUT2D eigenvalue weighted by Crippen LogP contribution is -3.11. The van der Waals surface area contributed by atoms with Crippen LogP contribution in [0.15, 0.2) is 47.4 Å². The molecule has 0 radical (unpaired) electrons. The van der Waals surface area contributed by atoms with E-state index in [1.54, 1.807) is 26.0 Å². The van der Waals surface area contributed by atoms with Gasteiger partial charge >= 0.3 is 0 Å². The summed E-state index contributed by atoms with van der Waals surface area (Å²) in [4.78, 5) is 17.3. The molecule has 1 unspecified atom stereocenters. The summed E-state index contributed by atoms with van der Waals surface area (Å²) >= 11 is 1.73. The molecule has 0 saturated carbocycles. The molecule has 0 aliphatic carbocycles. The van der Waals surface area contributed by atoms with Crippen LogP contribution in [0.25, 0.3) is 0 Å². The average molecular weight is 416 g/mol. The minimum atomic E-state index is 0.174. The molecule has 0 aromatic heterocycles. The van der Waals surface area contributed by atoms with Crippen molar-refractivity contribution < 1.29 is 19.2 Å². The number of rotatable bonds is 8. The quantitative estimate of drug-likeness (QED) is 0.674. The molecular formula is C23H31N2O3S+. The monoisotopic (exact) mass is 415 g/mol. The number of amides is 1. The van der Waals surface area contributed by atoms with Crippen molar-refractivity contribution in [3.63, 3.8) is 0 Å². The molecule has 3 rings (SSSR count). The van der Waals surface area contributed by atoms with Crippen molar-refractivity contribution in [1.29, 1.82) is 0 Å². The Hall–Kier alpha value is -2.18. The first-order chi connectivity index (χ1) is 14.0. The van der Waals surface area contributed by atoms with Crippen LogP contribution in [-0.2, 0) is 11.3 Å². The second kappa shape index (κ2) is 10.0. The topological polar surface area (TPSA) is 43.2 Å². The molecule has 1 aliphatic heterocycles. The van der Waals surface area contributed by atoms with Crippen LogP contribution in [0.5, 0.6) is 11.5 Å². The number of likely N-dealkylation sites (tertiary alicyclic amines) is 1. The van der Waals surface area contributed by atoms with Gasteiger partial charge in [-0.25, -0.2) is 0 Å². The van der Waals surface area contributed by atoms with Crippen LogP contribution in [0.2, 0.25) is 0 Å². The van der Waals surface area contributed by atoms with Crippen molar-refractivity contribution in [3.05, 3.63) is 53.6 Å². The van der Waals surface area contributed by atoms with Gasteiger partial charge in [-0.15, -0.1) is 11.8 Å². The lowest BCUT2D eigenvalue weighted by atomic mass is 10.0. The zero-order chi connectivity index (χ0) is 20.8. The van der Waals surface area contributed by atoms with Gasteiger partial charge in [-0.3, -0.25) is 4.79 Å². The van der Waals surface area contributed by atoms with Crippen LogP contribution in [0, 0.1) is 0 Å². The van der Waals surface area contributed by atoms with E-state index in [0.29, 0.717) is 13.1 Å². The van der Waals surface area contributed by atoms with E-state index in [4.69, 9.17) is 9.47 Å². The predicted octanol–water partition coefficient (Wildman–Crippen LogP) is 2.80. The normalized spacial score (nSPS) is 18.5. The van der Waals surface area contributed by atoms with Crippen LogP contribution in [0.1, 0.15) is 30.0 Å². The number of nitrogens with one attached hydrogen (secondary N) is 1. The molecule has 1 fully saturated rings. The van der Waals surface area contributed by atoms with E-state index in [2.05, 4.69) is 36.6 Å². The second-order valence-corrected chi connectivity index (χ2v) is 8.37. The molecule has 2 aromatic rings. The highest BCUT2D eigenvalue weighted by atomic mass is 32.2. The van der Waals surface area contributed by atoms with Gasteiger partial charge in [0.1, 0.15) is 17.5 Å². The minimum Gasteiger partial charge on any atom is -0.497 e. The average Bonchev–Trinajstić information content (AvgIpc) is 3.21. The van der Waals surface area contributed by atoms with E-state index in [1.807, 2.05) is 24.1 Å². The lowest BCUT2D eigenvalue weighted by molar-refractivity contribution is -0.910. The molecule has 1 saturated heterocycles. The van der Waals surface area contributed by atoms with Crippen LogP contribution in [-0.4, -0.2) is 51.4 Å². The van der Waals surface area contributed by atoms with E-state index in [9.17, 15) is 4.79 Å². The van der Waals surface area contributed by atoms with Gasteiger partial charge in [-0.2, -0.15) is 0 Å². The number of nitrogens with zero attached hydrogens (tertiary/aromatic N) is 1. The fraction of sp³-hybridized carbons (Fsp3) is 0.435. The Bertz CT molecular complexity index is 825. The van der Waals surface area contributed by atoms with Crippen molar-refractivity contribution >= 4 is 17.7 Å².